The molecule has 1 amide bonds. The highest BCUT2D eigenvalue weighted by Gasteiger charge is 2.46. The van der Waals surface area contributed by atoms with Crippen LogP contribution in [0, 0.1) is 0 Å². The van der Waals surface area contributed by atoms with E-state index in [1.165, 1.54) is 16.0 Å². The van der Waals surface area contributed by atoms with E-state index >= 15 is 0 Å². The number of aliphatic hydroxyl groups excluding tert-OH is 1. The summed E-state index contributed by atoms with van der Waals surface area (Å²) in [5.41, 5.74) is 4.86. The van der Waals surface area contributed by atoms with E-state index in [0.29, 0.717) is 23.5 Å². The van der Waals surface area contributed by atoms with Gasteiger partial charge in [0.2, 0.25) is 0 Å². The number of fused-ring (bicyclic) bond motifs is 1. The quantitative estimate of drug-likeness (QED) is 0.263. The zero-order chi connectivity index (χ0) is 25.8. The first kappa shape index (κ1) is 24.8. The Morgan fingerprint density at radius 3 is 2.51 bits per heavy atom. The van der Waals surface area contributed by atoms with Gasteiger partial charge in [-0.2, -0.15) is 0 Å². The Balaban J connectivity index is 1.53. The maximum atomic E-state index is 13.3. The molecule has 6 nitrogen and oxygen atoms in total. The summed E-state index contributed by atoms with van der Waals surface area (Å²) in [6.45, 7) is 0.887. The van der Waals surface area contributed by atoms with E-state index in [1.54, 1.807) is 7.11 Å². The molecule has 1 N–H and O–H groups in total. The molecule has 0 aromatic heterocycles. The van der Waals surface area contributed by atoms with Crippen molar-refractivity contribution >= 4 is 17.4 Å². The SMILES string of the molecule is COCCN1C(=O)C(=O)/C(=C(\O)c2ccc3c(c2)CCCC3)C1c1cccc(OCc2ccccc2)c1. The van der Waals surface area contributed by atoms with Crippen LogP contribution in [0.4, 0.5) is 0 Å². The van der Waals surface area contributed by atoms with Gasteiger partial charge >= 0.3 is 0 Å². The smallest absolute Gasteiger partial charge is 0.295 e. The summed E-state index contributed by atoms with van der Waals surface area (Å²) in [4.78, 5) is 27.9. The number of nitrogens with zero attached hydrogens (tertiary/aromatic N) is 1. The third-order valence-corrected chi connectivity index (χ3v) is 7.12. The highest BCUT2D eigenvalue weighted by atomic mass is 16.5. The lowest BCUT2D eigenvalue weighted by molar-refractivity contribution is -0.140. The van der Waals surface area contributed by atoms with Gasteiger partial charge in [0.05, 0.1) is 18.2 Å². The Bertz CT molecular complexity index is 1330. The molecule has 3 aromatic rings. The van der Waals surface area contributed by atoms with Crippen LogP contribution in [0.3, 0.4) is 0 Å². The summed E-state index contributed by atoms with van der Waals surface area (Å²) >= 11 is 0. The van der Waals surface area contributed by atoms with E-state index in [4.69, 9.17) is 9.47 Å². The van der Waals surface area contributed by atoms with Crippen molar-refractivity contribution in [2.45, 2.75) is 38.3 Å². The number of ether oxygens (including phenoxy) is 2. The van der Waals surface area contributed by atoms with E-state index in [9.17, 15) is 14.7 Å². The van der Waals surface area contributed by atoms with Crippen LogP contribution in [0.2, 0.25) is 0 Å². The third kappa shape index (κ3) is 5.16. The number of carbonyl (C=O) groups excluding carboxylic acids is 2. The average Bonchev–Trinajstić information content (AvgIpc) is 3.20. The molecular formula is C31H31NO5. The lowest BCUT2D eigenvalue weighted by Gasteiger charge is -2.25. The van der Waals surface area contributed by atoms with Crippen molar-refractivity contribution < 1.29 is 24.2 Å². The minimum Gasteiger partial charge on any atom is -0.507 e. The summed E-state index contributed by atoms with van der Waals surface area (Å²) in [7, 11) is 1.55. The number of rotatable bonds is 8. The molecule has 1 heterocycles. The fourth-order valence-corrected chi connectivity index (χ4v) is 5.20. The van der Waals surface area contributed by atoms with E-state index in [0.717, 1.165) is 31.2 Å². The summed E-state index contributed by atoms with van der Waals surface area (Å²) in [6, 6.07) is 22.3. The first-order valence-electron chi connectivity index (χ1n) is 12.7. The molecule has 0 radical (unpaired) electrons. The second-order valence-corrected chi connectivity index (χ2v) is 9.52. The first-order chi connectivity index (χ1) is 18.1. The Labute approximate surface area is 217 Å². The number of aliphatic hydroxyl groups is 1. The lowest BCUT2D eigenvalue weighted by atomic mass is 9.88. The van der Waals surface area contributed by atoms with Gasteiger partial charge in [0.1, 0.15) is 18.1 Å². The highest BCUT2D eigenvalue weighted by molar-refractivity contribution is 6.46. The molecule has 37 heavy (non-hydrogen) atoms. The molecule has 0 spiro atoms. The van der Waals surface area contributed by atoms with Gasteiger partial charge in [0.15, 0.2) is 0 Å². The Hall–Kier alpha value is -3.90. The number of aryl methyl sites for hydroxylation is 2. The number of methoxy groups -OCH3 is 1. The summed E-state index contributed by atoms with van der Waals surface area (Å²) in [5, 5.41) is 11.4. The van der Waals surface area contributed by atoms with Gasteiger partial charge in [0, 0.05) is 19.2 Å². The van der Waals surface area contributed by atoms with Crippen LogP contribution in [0.5, 0.6) is 5.75 Å². The zero-order valence-corrected chi connectivity index (χ0v) is 21.0. The molecule has 0 bridgehead atoms. The highest BCUT2D eigenvalue weighted by Crippen LogP contribution is 2.40. The van der Waals surface area contributed by atoms with Gasteiger partial charge in [-0.1, -0.05) is 54.6 Å². The molecule has 1 saturated heterocycles. The normalized spacial score (nSPS) is 18.6. The van der Waals surface area contributed by atoms with Gasteiger partial charge in [-0.15, -0.1) is 0 Å². The second-order valence-electron chi connectivity index (χ2n) is 9.52. The van der Waals surface area contributed by atoms with Crippen molar-refractivity contribution in [2.24, 2.45) is 0 Å². The Morgan fingerprint density at radius 1 is 0.946 bits per heavy atom. The number of carbonyl (C=O) groups is 2. The van der Waals surface area contributed by atoms with E-state index < -0.39 is 17.7 Å². The molecule has 1 fully saturated rings. The number of hydrogen-bond donors (Lipinski definition) is 1. The number of hydrogen-bond acceptors (Lipinski definition) is 5. The van der Waals surface area contributed by atoms with Crippen LogP contribution in [-0.2, 0) is 33.8 Å². The number of ketones is 1. The zero-order valence-electron chi connectivity index (χ0n) is 21.0. The van der Waals surface area contributed by atoms with Crippen LogP contribution >= 0.6 is 0 Å². The topological polar surface area (TPSA) is 76.1 Å². The Morgan fingerprint density at radius 2 is 1.73 bits per heavy atom. The van der Waals surface area contributed by atoms with Crippen molar-refractivity contribution in [1.29, 1.82) is 0 Å². The molecule has 2 aliphatic rings. The fraction of sp³-hybridized carbons (Fsp3) is 0.290. The summed E-state index contributed by atoms with van der Waals surface area (Å²) in [5.74, 6) is -0.858. The first-order valence-corrected chi connectivity index (χ1v) is 12.7. The van der Waals surface area contributed by atoms with Gasteiger partial charge in [-0.3, -0.25) is 9.59 Å². The van der Waals surface area contributed by atoms with Gasteiger partial charge < -0.3 is 19.5 Å². The van der Waals surface area contributed by atoms with Gasteiger partial charge in [-0.05, 0) is 66.1 Å². The third-order valence-electron chi connectivity index (χ3n) is 7.12. The van der Waals surface area contributed by atoms with E-state index in [2.05, 4.69) is 0 Å². The number of benzene rings is 3. The average molecular weight is 498 g/mol. The van der Waals surface area contributed by atoms with Gasteiger partial charge in [0.25, 0.3) is 11.7 Å². The fourth-order valence-electron chi connectivity index (χ4n) is 5.20. The molecule has 190 valence electrons. The van der Waals surface area contributed by atoms with Crippen LogP contribution in [0.15, 0.2) is 78.4 Å². The van der Waals surface area contributed by atoms with Crippen molar-refractivity contribution in [3.05, 3.63) is 106 Å². The van der Waals surface area contributed by atoms with E-state index in [1.807, 2.05) is 72.8 Å². The minimum absolute atomic E-state index is 0.0945. The Kier molecular flexibility index (Phi) is 7.37. The van der Waals surface area contributed by atoms with Crippen molar-refractivity contribution in [3.8, 4) is 5.75 Å². The molecule has 1 unspecified atom stereocenters. The molecule has 1 atom stereocenters. The molecule has 5 rings (SSSR count). The molecule has 3 aromatic carbocycles. The van der Waals surface area contributed by atoms with Crippen LogP contribution in [0.25, 0.3) is 5.76 Å². The van der Waals surface area contributed by atoms with Crippen LogP contribution in [-0.4, -0.2) is 42.0 Å². The van der Waals surface area contributed by atoms with Crippen molar-refractivity contribution in [1.82, 2.24) is 4.90 Å². The maximum Gasteiger partial charge on any atom is 0.295 e. The van der Waals surface area contributed by atoms with Crippen LogP contribution < -0.4 is 4.74 Å². The molecule has 6 heteroatoms. The monoisotopic (exact) mass is 497 g/mol. The lowest BCUT2D eigenvalue weighted by Crippen LogP contribution is -2.32. The predicted octanol–water partition coefficient (Wildman–Crippen LogP) is 5.21. The number of amides is 1. The standard InChI is InChI=1S/C31H31NO5/c1-36-17-16-32-28(24-12-7-13-26(19-24)37-20-21-8-3-2-4-9-21)27(30(34)31(32)35)29(33)25-15-14-22-10-5-6-11-23(22)18-25/h2-4,7-9,12-15,18-19,28,33H,5-6,10-11,16-17,20H2,1H3/b29-27-. The summed E-state index contributed by atoms with van der Waals surface area (Å²) < 4.78 is 11.2. The molecule has 1 aliphatic carbocycles. The maximum absolute atomic E-state index is 13.3. The predicted molar refractivity (Wildman–Crippen MR) is 141 cm³/mol. The van der Waals surface area contributed by atoms with Crippen molar-refractivity contribution in [2.75, 3.05) is 20.3 Å². The second kappa shape index (κ2) is 11.0. The van der Waals surface area contributed by atoms with Gasteiger partial charge in [-0.25, -0.2) is 0 Å². The summed E-state index contributed by atoms with van der Waals surface area (Å²) in [6.07, 6.45) is 4.23. The van der Waals surface area contributed by atoms with E-state index in [-0.39, 0.29) is 24.5 Å². The largest absolute Gasteiger partial charge is 0.507 e. The number of likely N-dealkylation sites (tertiary alicyclic amines) is 1. The molecule has 0 saturated carbocycles. The van der Waals surface area contributed by atoms with Crippen molar-refractivity contribution in [3.63, 3.8) is 0 Å². The van der Waals surface area contributed by atoms with Crippen LogP contribution in [0.1, 0.15) is 46.7 Å². The molecule has 1 aliphatic heterocycles. The molecular weight excluding hydrogens is 466 g/mol. The minimum atomic E-state index is -0.744. The number of Topliss-reactive ketones (excluding diaryl/α,β-unsaturated/α-hetero) is 1.